The number of rotatable bonds is 3. The zero-order valence-electron chi connectivity index (χ0n) is 13.9. The Kier molecular flexibility index (Phi) is 4.45. The second-order valence-corrected chi connectivity index (χ2v) is 7.27. The van der Waals surface area contributed by atoms with E-state index >= 15 is 0 Å². The molecule has 26 heavy (non-hydrogen) atoms. The summed E-state index contributed by atoms with van der Waals surface area (Å²) in [5, 5.41) is 0.602. The van der Waals surface area contributed by atoms with Gasteiger partial charge in [0.15, 0.2) is 11.6 Å². The van der Waals surface area contributed by atoms with Crippen molar-refractivity contribution in [2.24, 2.45) is 5.92 Å². The summed E-state index contributed by atoms with van der Waals surface area (Å²) in [6.07, 6.45) is 0.930. The molecule has 1 unspecified atom stereocenters. The van der Waals surface area contributed by atoms with Crippen molar-refractivity contribution in [3.05, 3.63) is 64.2 Å². The number of carbonyl (C=O) groups excluding carboxylic acids is 1. The quantitative estimate of drug-likeness (QED) is 0.754. The van der Waals surface area contributed by atoms with Gasteiger partial charge in [-0.25, -0.2) is 8.78 Å². The van der Waals surface area contributed by atoms with Crippen LogP contribution in [0.2, 0.25) is 5.02 Å². The van der Waals surface area contributed by atoms with Gasteiger partial charge in [0.25, 0.3) is 0 Å². The fraction of sp³-hybridized carbons (Fsp3) is 0.350. The number of benzene rings is 2. The van der Waals surface area contributed by atoms with Crippen LogP contribution in [0.3, 0.4) is 0 Å². The van der Waals surface area contributed by atoms with Gasteiger partial charge in [-0.2, -0.15) is 0 Å². The number of hydrogen-bond acceptors (Lipinski definition) is 3. The van der Waals surface area contributed by atoms with Crippen molar-refractivity contribution in [2.75, 3.05) is 13.2 Å². The fourth-order valence-corrected chi connectivity index (χ4v) is 4.40. The minimum atomic E-state index is -0.780. The largest absolute Gasteiger partial charge is 0.490 e. The molecule has 2 aromatic rings. The summed E-state index contributed by atoms with van der Waals surface area (Å²) in [6, 6.07) is 9.45. The van der Waals surface area contributed by atoms with Crippen LogP contribution in [0.5, 0.6) is 5.75 Å². The van der Waals surface area contributed by atoms with Gasteiger partial charge in [0.2, 0.25) is 0 Å². The van der Waals surface area contributed by atoms with Crippen molar-refractivity contribution < 1.29 is 23.0 Å². The predicted molar refractivity (Wildman–Crippen MR) is 92.6 cm³/mol. The van der Waals surface area contributed by atoms with E-state index in [1.54, 1.807) is 12.1 Å². The minimum absolute atomic E-state index is 0.0539. The van der Waals surface area contributed by atoms with Crippen molar-refractivity contribution in [1.82, 2.24) is 0 Å². The molecule has 3 atom stereocenters. The first-order chi connectivity index (χ1) is 12.5. The van der Waals surface area contributed by atoms with Crippen LogP contribution in [0.25, 0.3) is 0 Å². The van der Waals surface area contributed by atoms with Gasteiger partial charge in [0, 0.05) is 28.5 Å². The Hall–Kier alpha value is -1.98. The highest BCUT2D eigenvalue weighted by atomic mass is 35.5. The van der Waals surface area contributed by atoms with E-state index in [0.717, 1.165) is 24.0 Å². The molecule has 2 heterocycles. The van der Waals surface area contributed by atoms with Crippen LogP contribution in [-0.2, 0) is 21.4 Å². The predicted octanol–water partition coefficient (Wildman–Crippen LogP) is 4.10. The average molecular weight is 379 g/mol. The lowest BCUT2D eigenvalue weighted by Gasteiger charge is -2.50. The summed E-state index contributed by atoms with van der Waals surface area (Å²) < 4.78 is 40.3. The van der Waals surface area contributed by atoms with Crippen molar-refractivity contribution >= 4 is 17.9 Å². The van der Waals surface area contributed by atoms with E-state index in [4.69, 9.17) is 21.1 Å². The second-order valence-electron chi connectivity index (χ2n) is 6.83. The van der Waals surface area contributed by atoms with Gasteiger partial charge >= 0.3 is 0 Å². The molecule has 0 aromatic heterocycles. The van der Waals surface area contributed by atoms with E-state index in [9.17, 15) is 13.6 Å². The Labute approximate surface area is 154 Å². The molecule has 2 aliphatic heterocycles. The zero-order valence-corrected chi connectivity index (χ0v) is 14.6. The number of aldehydes is 1. The first-order valence-corrected chi connectivity index (χ1v) is 8.85. The normalized spacial score (nSPS) is 27.2. The minimum Gasteiger partial charge on any atom is -0.490 e. The summed E-state index contributed by atoms with van der Waals surface area (Å²) in [5.74, 6) is -1.56. The molecule has 0 aliphatic carbocycles. The van der Waals surface area contributed by atoms with Crippen LogP contribution in [0.1, 0.15) is 17.5 Å². The summed E-state index contributed by atoms with van der Waals surface area (Å²) in [4.78, 5) is 11.6. The lowest BCUT2D eigenvalue weighted by molar-refractivity contribution is -0.136. The van der Waals surface area contributed by atoms with Crippen molar-refractivity contribution in [1.29, 1.82) is 0 Å². The molecule has 0 amide bonds. The third-order valence-electron chi connectivity index (χ3n) is 5.50. The zero-order chi connectivity index (χ0) is 18.3. The van der Waals surface area contributed by atoms with Crippen LogP contribution >= 0.6 is 11.6 Å². The molecule has 2 aromatic carbocycles. The molecule has 4 rings (SSSR count). The molecule has 3 nitrogen and oxygen atoms in total. The SMILES string of the molecule is O=C[C@@H]1OCC[C@@]2(Cc3ccc(Cl)cc3)c3c(F)ccc(F)c3OCC12. The summed E-state index contributed by atoms with van der Waals surface area (Å²) in [5.41, 5.74) is 0.360. The van der Waals surface area contributed by atoms with E-state index in [1.165, 1.54) is 0 Å². The Morgan fingerprint density at radius 1 is 1.15 bits per heavy atom. The smallest absolute Gasteiger partial charge is 0.165 e. The van der Waals surface area contributed by atoms with E-state index < -0.39 is 29.1 Å². The highest BCUT2D eigenvalue weighted by molar-refractivity contribution is 6.30. The molecule has 0 spiro atoms. The molecular weight excluding hydrogens is 362 g/mol. The van der Waals surface area contributed by atoms with Gasteiger partial charge in [-0.3, -0.25) is 0 Å². The molecule has 0 bridgehead atoms. The third kappa shape index (κ3) is 2.70. The number of ether oxygens (including phenoxy) is 2. The van der Waals surface area contributed by atoms with Crippen LogP contribution < -0.4 is 4.74 Å². The molecule has 2 aliphatic rings. The lowest BCUT2D eigenvalue weighted by atomic mass is 9.61. The second kappa shape index (κ2) is 6.63. The molecule has 1 saturated heterocycles. The number of fused-ring (bicyclic) bond motifs is 3. The third-order valence-corrected chi connectivity index (χ3v) is 5.75. The molecule has 6 heteroatoms. The monoisotopic (exact) mass is 378 g/mol. The van der Waals surface area contributed by atoms with Crippen LogP contribution in [0.15, 0.2) is 36.4 Å². The van der Waals surface area contributed by atoms with E-state index in [-0.39, 0.29) is 17.9 Å². The number of hydrogen-bond donors (Lipinski definition) is 0. The van der Waals surface area contributed by atoms with Crippen molar-refractivity contribution in [3.8, 4) is 5.75 Å². The van der Waals surface area contributed by atoms with E-state index in [1.807, 2.05) is 12.1 Å². The average Bonchev–Trinajstić information content (AvgIpc) is 2.65. The van der Waals surface area contributed by atoms with Gasteiger partial charge < -0.3 is 14.3 Å². The van der Waals surface area contributed by atoms with E-state index in [0.29, 0.717) is 24.5 Å². The van der Waals surface area contributed by atoms with Crippen LogP contribution in [-0.4, -0.2) is 25.6 Å². The summed E-state index contributed by atoms with van der Waals surface area (Å²) in [7, 11) is 0. The maximum atomic E-state index is 14.9. The maximum absolute atomic E-state index is 14.9. The van der Waals surface area contributed by atoms with Gasteiger partial charge in [-0.1, -0.05) is 23.7 Å². The standard InChI is InChI=1S/C20H17ClF2O3/c21-13-3-1-12(2-4-13)9-20-7-8-25-17(10-24)14(20)11-26-19-16(23)6-5-15(22)18(19)20/h1-6,10,14,17H,7-9,11H2/t14?,17-,20-/m0/s1. The topological polar surface area (TPSA) is 35.5 Å². The Morgan fingerprint density at radius 2 is 1.88 bits per heavy atom. The maximum Gasteiger partial charge on any atom is 0.165 e. The van der Waals surface area contributed by atoms with E-state index in [2.05, 4.69) is 0 Å². The van der Waals surface area contributed by atoms with Gasteiger partial charge in [-0.05, 0) is 42.7 Å². The Balaban J connectivity index is 1.89. The van der Waals surface area contributed by atoms with Gasteiger partial charge in [0.05, 0.1) is 6.61 Å². The first-order valence-electron chi connectivity index (χ1n) is 8.48. The number of halogens is 3. The van der Waals surface area contributed by atoms with Crippen LogP contribution in [0, 0.1) is 17.6 Å². The van der Waals surface area contributed by atoms with Crippen molar-refractivity contribution in [2.45, 2.75) is 24.4 Å². The molecule has 0 N–H and O–H groups in total. The summed E-state index contributed by atoms with van der Waals surface area (Å²) in [6.45, 7) is 0.396. The Bertz CT molecular complexity index is 840. The molecule has 1 fully saturated rings. The molecule has 136 valence electrons. The van der Waals surface area contributed by atoms with Gasteiger partial charge in [-0.15, -0.1) is 0 Å². The Morgan fingerprint density at radius 3 is 2.62 bits per heavy atom. The number of carbonyl (C=O) groups is 1. The highest BCUT2D eigenvalue weighted by Crippen LogP contribution is 2.52. The molecule has 0 radical (unpaired) electrons. The fourth-order valence-electron chi connectivity index (χ4n) is 4.28. The van der Waals surface area contributed by atoms with Crippen molar-refractivity contribution in [3.63, 3.8) is 0 Å². The lowest BCUT2D eigenvalue weighted by Crippen LogP contribution is -2.55. The molecular formula is C20H17ClF2O3. The van der Waals surface area contributed by atoms with Crippen LogP contribution in [0.4, 0.5) is 8.78 Å². The van der Waals surface area contributed by atoms with Gasteiger partial charge in [0.1, 0.15) is 18.2 Å². The summed E-state index contributed by atoms with van der Waals surface area (Å²) >= 11 is 5.97. The first kappa shape index (κ1) is 17.4. The highest BCUT2D eigenvalue weighted by Gasteiger charge is 2.53. The molecule has 0 saturated carbocycles.